The van der Waals surface area contributed by atoms with E-state index in [4.69, 9.17) is 40.2 Å². The third-order valence-electron chi connectivity index (χ3n) is 2.90. The minimum absolute atomic E-state index is 0.0217. The molecule has 0 radical (unpaired) electrons. The van der Waals surface area contributed by atoms with E-state index in [2.05, 4.69) is 10.6 Å². The molecule has 0 fully saturated rings. The number of benzene rings is 2. The molecule has 0 unspecified atom stereocenters. The van der Waals surface area contributed by atoms with E-state index in [0.29, 0.717) is 27.0 Å². The first-order valence-corrected chi connectivity index (χ1v) is 8.36. The number of carbonyl (C=O) groups is 1. The Morgan fingerprint density at radius 3 is 2.38 bits per heavy atom. The van der Waals surface area contributed by atoms with Gasteiger partial charge in [-0.05, 0) is 56.4 Å². The van der Waals surface area contributed by atoms with Crippen LogP contribution in [0.1, 0.15) is 24.2 Å². The monoisotopic (exact) mass is 382 g/mol. The highest BCUT2D eigenvalue weighted by Crippen LogP contribution is 2.29. The second-order valence-electron chi connectivity index (χ2n) is 5.20. The number of nitrogens with one attached hydrogen (secondary N) is 2. The first-order chi connectivity index (χ1) is 11.4. The number of amides is 1. The number of carbonyl (C=O) groups excluding carboxylic acids is 1. The Morgan fingerprint density at radius 1 is 1.12 bits per heavy atom. The van der Waals surface area contributed by atoms with Gasteiger partial charge in [-0.1, -0.05) is 35.3 Å². The molecule has 0 saturated heterocycles. The number of rotatable bonds is 4. The van der Waals surface area contributed by atoms with Crippen LogP contribution in [0, 0.1) is 0 Å². The summed E-state index contributed by atoms with van der Waals surface area (Å²) in [6.07, 6.45) is 0.0217. The third-order valence-corrected chi connectivity index (χ3v) is 3.73. The van der Waals surface area contributed by atoms with Crippen molar-refractivity contribution in [3.8, 4) is 5.75 Å². The summed E-state index contributed by atoms with van der Waals surface area (Å²) >= 11 is 17.3. The van der Waals surface area contributed by atoms with Crippen molar-refractivity contribution >= 4 is 52.1 Å². The smallest absolute Gasteiger partial charge is 0.257 e. The zero-order valence-electron chi connectivity index (χ0n) is 13.1. The zero-order valence-corrected chi connectivity index (χ0v) is 15.4. The van der Waals surface area contributed by atoms with Gasteiger partial charge in [-0.2, -0.15) is 0 Å². The third kappa shape index (κ3) is 5.09. The summed E-state index contributed by atoms with van der Waals surface area (Å²) in [4.78, 5) is 12.3. The van der Waals surface area contributed by atoms with E-state index >= 15 is 0 Å². The Kier molecular flexibility index (Phi) is 6.43. The van der Waals surface area contributed by atoms with Crippen LogP contribution in [0.4, 0.5) is 5.69 Å². The first kappa shape index (κ1) is 18.5. The number of thiocarbonyl (C=S) groups is 1. The Bertz CT molecular complexity index is 746. The standard InChI is InChI=1S/C17H16Cl2N2O2S/c1-10(2)23-12-6-3-5-11(9-12)16(22)21-17(24)20-15-13(18)7-4-8-14(15)19/h3-10H,1-2H3,(H2,20,21,22,24). The molecule has 2 N–H and O–H groups in total. The molecule has 2 aromatic rings. The fourth-order valence-electron chi connectivity index (χ4n) is 1.92. The van der Waals surface area contributed by atoms with Crippen molar-refractivity contribution in [3.05, 3.63) is 58.1 Å². The SMILES string of the molecule is CC(C)Oc1cccc(C(=O)NC(=S)Nc2c(Cl)cccc2Cl)c1. The molecule has 0 spiro atoms. The van der Waals surface area contributed by atoms with E-state index < -0.39 is 0 Å². The highest BCUT2D eigenvalue weighted by molar-refractivity contribution is 7.80. The molecule has 0 saturated carbocycles. The lowest BCUT2D eigenvalue weighted by Crippen LogP contribution is -2.34. The molecule has 2 rings (SSSR count). The van der Waals surface area contributed by atoms with Gasteiger partial charge in [-0.15, -0.1) is 0 Å². The molecule has 1 amide bonds. The lowest BCUT2D eigenvalue weighted by atomic mass is 10.2. The molecule has 126 valence electrons. The number of hydrogen-bond donors (Lipinski definition) is 2. The van der Waals surface area contributed by atoms with Crippen LogP contribution in [-0.4, -0.2) is 17.1 Å². The van der Waals surface area contributed by atoms with Crippen LogP contribution in [0.5, 0.6) is 5.75 Å². The van der Waals surface area contributed by atoms with Crippen LogP contribution in [0.2, 0.25) is 10.0 Å². The van der Waals surface area contributed by atoms with Gasteiger partial charge in [0.25, 0.3) is 5.91 Å². The van der Waals surface area contributed by atoms with Crippen LogP contribution < -0.4 is 15.4 Å². The predicted octanol–water partition coefficient (Wildman–Crippen LogP) is 4.91. The van der Waals surface area contributed by atoms with Crippen LogP contribution >= 0.6 is 35.4 Å². The second kappa shape index (κ2) is 8.33. The maximum atomic E-state index is 12.3. The van der Waals surface area contributed by atoms with E-state index in [9.17, 15) is 4.79 Å². The van der Waals surface area contributed by atoms with Gasteiger partial charge in [0.15, 0.2) is 5.11 Å². The van der Waals surface area contributed by atoms with Gasteiger partial charge in [-0.25, -0.2) is 0 Å². The molecular weight excluding hydrogens is 367 g/mol. The average Bonchev–Trinajstić information content (AvgIpc) is 2.50. The molecule has 0 atom stereocenters. The van der Waals surface area contributed by atoms with Crippen molar-refractivity contribution in [1.82, 2.24) is 5.32 Å². The van der Waals surface area contributed by atoms with Crippen molar-refractivity contribution < 1.29 is 9.53 Å². The van der Waals surface area contributed by atoms with E-state index in [0.717, 1.165) is 0 Å². The van der Waals surface area contributed by atoms with Crippen molar-refractivity contribution in [2.75, 3.05) is 5.32 Å². The largest absolute Gasteiger partial charge is 0.491 e. The van der Waals surface area contributed by atoms with Gasteiger partial charge in [0, 0.05) is 5.56 Å². The summed E-state index contributed by atoms with van der Waals surface area (Å²) in [6.45, 7) is 3.83. The van der Waals surface area contributed by atoms with Crippen molar-refractivity contribution in [3.63, 3.8) is 0 Å². The minimum atomic E-state index is -0.357. The molecular formula is C17H16Cl2N2O2S. The predicted molar refractivity (Wildman–Crippen MR) is 102 cm³/mol. The number of ether oxygens (including phenoxy) is 1. The fourth-order valence-corrected chi connectivity index (χ4v) is 2.61. The van der Waals surface area contributed by atoms with Crippen LogP contribution in [0.3, 0.4) is 0 Å². The molecule has 0 aliphatic carbocycles. The number of para-hydroxylation sites is 1. The molecule has 7 heteroatoms. The van der Waals surface area contributed by atoms with Gasteiger partial charge < -0.3 is 10.1 Å². The minimum Gasteiger partial charge on any atom is -0.491 e. The summed E-state index contributed by atoms with van der Waals surface area (Å²) in [5, 5.41) is 6.34. The maximum absolute atomic E-state index is 12.3. The van der Waals surface area contributed by atoms with Crippen molar-refractivity contribution in [2.24, 2.45) is 0 Å². The van der Waals surface area contributed by atoms with Gasteiger partial charge >= 0.3 is 0 Å². The zero-order chi connectivity index (χ0) is 17.7. The quantitative estimate of drug-likeness (QED) is 0.737. The van der Waals surface area contributed by atoms with Crippen LogP contribution in [0.25, 0.3) is 0 Å². The molecule has 0 aliphatic rings. The fraction of sp³-hybridized carbons (Fsp3) is 0.176. The number of hydrogen-bond acceptors (Lipinski definition) is 3. The molecule has 0 bridgehead atoms. The lowest BCUT2D eigenvalue weighted by molar-refractivity contribution is 0.0977. The summed E-state index contributed by atoms with van der Waals surface area (Å²) in [6, 6.07) is 11.9. The Morgan fingerprint density at radius 2 is 1.75 bits per heavy atom. The van der Waals surface area contributed by atoms with Crippen molar-refractivity contribution in [1.29, 1.82) is 0 Å². The second-order valence-corrected chi connectivity index (χ2v) is 6.42. The molecule has 0 aliphatic heterocycles. The van der Waals surface area contributed by atoms with Crippen LogP contribution in [0.15, 0.2) is 42.5 Å². The summed E-state index contributed by atoms with van der Waals surface area (Å²) < 4.78 is 5.57. The van der Waals surface area contributed by atoms with E-state index in [1.807, 2.05) is 13.8 Å². The summed E-state index contributed by atoms with van der Waals surface area (Å²) in [7, 11) is 0. The number of halogens is 2. The van der Waals surface area contributed by atoms with Gasteiger partial charge in [0.2, 0.25) is 0 Å². The summed E-state index contributed by atoms with van der Waals surface area (Å²) in [5.41, 5.74) is 0.880. The van der Waals surface area contributed by atoms with Gasteiger partial charge in [-0.3, -0.25) is 10.1 Å². The Hall–Kier alpha value is -1.82. The van der Waals surface area contributed by atoms with Crippen molar-refractivity contribution in [2.45, 2.75) is 20.0 Å². The van der Waals surface area contributed by atoms with E-state index in [1.165, 1.54) is 0 Å². The molecule has 0 heterocycles. The molecule has 0 aromatic heterocycles. The topological polar surface area (TPSA) is 50.4 Å². The van der Waals surface area contributed by atoms with Gasteiger partial charge in [0.05, 0.1) is 21.8 Å². The van der Waals surface area contributed by atoms with Gasteiger partial charge in [0.1, 0.15) is 5.75 Å². The van der Waals surface area contributed by atoms with E-state index in [-0.39, 0.29) is 17.1 Å². The summed E-state index contributed by atoms with van der Waals surface area (Å²) in [5.74, 6) is 0.260. The maximum Gasteiger partial charge on any atom is 0.257 e. The van der Waals surface area contributed by atoms with E-state index in [1.54, 1.807) is 42.5 Å². The average molecular weight is 383 g/mol. The normalized spacial score (nSPS) is 10.4. The molecule has 24 heavy (non-hydrogen) atoms. The number of anilines is 1. The Labute approximate surface area is 156 Å². The highest BCUT2D eigenvalue weighted by atomic mass is 35.5. The molecule has 2 aromatic carbocycles. The first-order valence-electron chi connectivity index (χ1n) is 7.20. The lowest BCUT2D eigenvalue weighted by Gasteiger charge is -2.13. The Balaban J connectivity index is 2.05. The molecule has 4 nitrogen and oxygen atoms in total. The van der Waals surface area contributed by atoms with Crippen LogP contribution in [-0.2, 0) is 0 Å². The highest BCUT2D eigenvalue weighted by Gasteiger charge is 2.12.